The van der Waals surface area contributed by atoms with Crippen LogP contribution in [0.1, 0.15) is 62.3 Å². The van der Waals surface area contributed by atoms with Gasteiger partial charge in [-0.05, 0) is 45.4 Å². The lowest BCUT2D eigenvalue weighted by Gasteiger charge is -2.08. The number of hydrogen-bond donors (Lipinski definition) is 1. The average molecular weight is 363 g/mol. The van der Waals surface area contributed by atoms with Crippen molar-refractivity contribution in [2.75, 3.05) is 7.11 Å². The van der Waals surface area contributed by atoms with Gasteiger partial charge < -0.3 is 23.6 Å². The van der Waals surface area contributed by atoms with Crippen molar-refractivity contribution in [1.29, 1.82) is 0 Å². The molecular weight excluding hydrogens is 342 g/mol. The summed E-state index contributed by atoms with van der Waals surface area (Å²) in [6, 6.07) is 2.94. The Kier molecular flexibility index (Phi) is 5.86. The van der Waals surface area contributed by atoms with Gasteiger partial charge in [-0.2, -0.15) is 0 Å². The second kappa shape index (κ2) is 7.90. The van der Waals surface area contributed by atoms with Crippen LogP contribution in [0.25, 0.3) is 0 Å². The van der Waals surface area contributed by atoms with Crippen LogP contribution in [0.2, 0.25) is 0 Å². The molecule has 0 spiro atoms. The Morgan fingerprint density at radius 3 is 2.42 bits per heavy atom. The lowest BCUT2D eigenvalue weighted by atomic mass is 10.1. The Bertz CT molecular complexity index is 829. The van der Waals surface area contributed by atoms with Crippen LogP contribution < -0.4 is 0 Å². The van der Waals surface area contributed by atoms with Gasteiger partial charge in [-0.25, -0.2) is 14.4 Å². The molecule has 0 atom stereocenters. The number of furan rings is 1. The summed E-state index contributed by atoms with van der Waals surface area (Å²) in [5, 5.41) is 0. The van der Waals surface area contributed by atoms with E-state index in [1.54, 1.807) is 27.7 Å². The number of aryl methyl sites for hydroxylation is 1. The Morgan fingerprint density at radius 1 is 1.12 bits per heavy atom. The van der Waals surface area contributed by atoms with E-state index in [1.807, 2.05) is 0 Å². The Hall–Kier alpha value is -3.03. The van der Waals surface area contributed by atoms with Gasteiger partial charge in [0.25, 0.3) is 0 Å². The summed E-state index contributed by atoms with van der Waals surface area (Å²) in [5.41, 5.74) is 1.45. The van der Waals surface area contributed by atoms with Gasteiger partial charge in [0, 0.05) is 5.69 Å². The molecule has 140 valence electrons. The number of hydrogen-bond acceptors (Lipinski definition) is 7. The highest BCUT2D eigenvalue weighted by atomic mass is 16.6. The molecule has 0 aromatic carbocycles. The molecule has 0 aliphatic rings. The van der Waals surface area contributed by atoms with Gasteiger partial charge in [-0.15, -0.1) is 0 Å². The molecular formula is C18H21NO7. The highest BCUT2D eigenvalue weighted by molar-refractivity contribution is 5.98. The number of aromatic amines is 1. The smallest absolute Gasteiger partial charge is 0.373 e. The number of carbonyl (C=O) groups is 3. The number of aromatic nitrogens is 1. The molecule has 8 nitrogen and oxygen atoms in total. The van der Waals surface area contributed by atoms with Crippen molar-refractivity contribution in [1.82, 2.24) is 4.98 Å². The molecule has 2 rings (SSSR count). The maximum atomic E-state index is 12.3. The third kappa shape index (κ3) is 4.14. The van der Waals surface area contributed by atoms with Gasteiger partial charge in [0.1, 0.15) is 18.1 Å². The van der Waals surface area contributed by atoms with Gasteiger partial charge in [0.2, 0.25) is 5.76 Å². The highest BCUT2D eigenvalue weighted by Crippen LogP contribution is 2.21. The van der Waals surface area contributed by atoms with E-state index in [4.69, 9.17) is 13.9 Å². The molecule has 0 aliphatic heterocycles. The van der Waals surface area contributed by atoms with Crippen LogP contribution in [0.4, 0.5) is 0 Å². The highest BCUT2D eigenvalue weighted by Gasteiger charge is 2.24. The van der Waals surface area contributed by atoms with Crippen LogP contribution in [0, 0.1) is 13.8 Å². The van der Waals surface area contributed by atoms with Crippen LogP contribution in [0.5, 0.6) is 0 Å². The predicted octanol–water partition coefficient (Wildman–Crippen LogP) is 2.93. The number of ether oxygens (including phenoxy) is 3. The number of nitrogens with one attached hydrogen (secondary N) is 1. The summed E-state index contributed by atoms with van der Waals surface area (Å²) >= 11 is 0. The standard InChI is InChI=1S/C18H21NO7/c1-9(2)25-17(21)14-10(3)15(19-11(14)4)18(22)24-8-12-6-7-13(26-12)16(20)23-5/h6-7,9,19H,8H2,1-5H3. The molecule has 0 saturated heterocycles. The van der Waals surface area contributed by atoms with Gasteiger partial charge >= 0.3 is 17.9 Å². The van der Waals surface area contributed by atoms with Crippen molar-refractivity contribution in [3.63, 3.8) is 0 Å². The summed E-state index contributed by atoms with van der Waals surface area (Å²) in [6.45, 7) is 6.64. The van der Waals surface area contributed by atoms with Crippen LogP contribution in [-0.4, -0.2) is 36.1 Å². The average Bonchev–Trinajstić information content (AvgIpc) is 3.15. The first-order valence-electron chi connectivity index (χ1n) is 7.98. The largest absolute Gasteiger partial charge is 0.463 e. The van der Waals surface area contributed by atoms with Crippen molar-refractivity contribution in [2.24, 2.45) is 0 Å². The maximum Gasteiger partial charge on any atom is 0.373 e. The quantitative estimate of drug-likeness (QED) is 0.621. The molecule has 0 unspecified atom stereocenters. The molecule has 2 aromatic heterocycles. The Morgan fingerprint density at radius 2 is 1.81 bits per heavy atom. The molecule has 0 radical (unpaired) electrons. The number of methoxy groups -OCH3 is 1. The topological polar surface area (TPSA) is 108 Å². The summed E-state index contributed by atoms with van der Waals surface area (Å²) in [4.78, 5) is 38.7. The first-order chi connectivity index (χ1) is 12.2. The van der Waals surface area contributed by atoms with E-state index >= 15 is 0 Å². The number of rotatable bonds is 6. The van der Waals surface area contributed by atoms with Crippen molar-refractivity contribution in [3.05, 3.63) is 46.2 Å². The fraction of sp³-hybridized carbons (Fsp3) is 0.389. The lowest BCUT2D eigenvalue weighted by Crippen LogP contribution is -2.13. The zero-order valence-corrected chi connectivity index (χ0v) is 15.3. The van der Waals surface area contributed by atoms with E-state index in [2.05, 4.69) is 9.72 Å². The second-order valence-electron chi connectivity index (χ2n) is 5.91. The van der Waals surface area contributed by atoms with E-state index < -0.39 is 17.9 Å². The molecule has 0 fully saturated rings. The second-order valence-corrected chi connectivity index (χ2v) is 5.91. The summed E-state index contributed by atoms with van der Waals surface area (Å²) in [6.07, 6.45) is -0.269. The number of H-pyrrole nitrogens is 1. The van der Waals surface area contributed by atoms with Gasteiger partial charge in [0.05, 0.1) is 18.8 Å². The normalized spacial score (nSPS) is 10.7. The van der Waals surface area contributed by atoms with E-state index in [1.165, 1.54) is 19.2 Å². The molecule has 0 aliphatic carbocycles. The van der Waals surface area contributed by atoms with E-state index in [9.17, 15) is 14.4 Å². The van der Waals surface area contributed by atoms with Crippen LogP contribution in [0.15, 0.2) is 16.5 Å². The third-order valence-electron chi connectivity index (χ3n) is 3.58. The van der Waals surface area contributed by atoms with E-state index in [0.29, 0.717) is 22.6 Å². The Labute approximate surface area is 150 Å². The molecule has 0 bridgehead atoms. The summed E-state index contributed by atoms with van der Waals surface area (Å²) in [7, 11) is 1.24. The number of carbonyl (C=O) groups excluding carboxylic acids is 3. The molecule has 2 aromatic rings. The molecule has 0 saturated carbocycles. The molecule has 1 N–H and O–H groups in total. The minimum absolute atomic E-state index is 0.0177. The third-order valence-corrected chi connectivity index (χ3v) is 3.58. The lowest BCUT2D eigenvalue weighted by molar-refractivity contribution is 0.0376. The van der Waals surface area contributed by atoms with Gasteiger partial charge in [-0.1, -0.05) is 0 Å². The fourth-order valence-corrected chi connectivity index (χ4v) is 2.41. The minimum Gasteiger partial charge on any atom is -0.463 e. The van der Waals surface area contributed by atoms with E-state index in [0.717, 1.165) is 0 Å². The fourth-order valence-electron chi connectivity index (χ4n) is 2.41. The monoisotopic (exact) mass is 363 g/mol. The first kappa shape index (κ1) is 19.3. The van der Waals surface area contributed by atoms with Crippen molar-refractivity contribution >= 4 is 17.9 Å². The van der Waals surface area contributed by atoms with Crippen LogP contribution >= 0.6 is 0 Å². The molecule has 26 heavy (non-hydrogen) atoms. The summed E-state index contributed by atoms with van der Waals surface area (Å²) < 4.78 is 20.1. The van der Waals surface area contributed by atoms with Crippen molar-refractivity contribution in [3.8, 4) is 0 Å². The molecule has 0 amide bonds. The SMILES string of the molecule is COC(=O)c1ccc(COC(=O)c2[nH]c(C)c(C(=O)OC(C)C)c2C)o1. The van der Waals surface area contributed by atoms with E-state index in [-0.39, 0.29) is 24.2 Å². The zero-order chi connectivity index (χ0) is 19.4. The van der Waals surface area contributed by atoms with Gasteiger partial charge in [0.15, 0.2) is 0 Å². The maximum absolute atomic E-state index is 12.3. The predicted molar refractivity (Wildman–Crippen MR) is 90.0 cm³/mol. The van der Waals surface area contributed by atoms with Crippen LogP contribution in [-0.2, 0) is 20.8 Å². The van der Waals surface area contributed by atoms with Crippen molar-refractivity contribution < 1.29 is 33.0 Å². The zero-order valence-electron chi connectivity index (χ0n) is 15.3. The first-order valence-corrected chi connectivity index (χ1v) is 7.98. The Balaban J connectivity index is 2.09. The van der Waals surface area contributed by atoms with Crippen molar-refractivity contribution in [2.45, 2.75) is 40.4 Å². The molecule has 2 heterocycles. The molecule has 8 heteroatoms. The minimum atomic E-state index is -0.648. The van der Waals surface area contributed by atoms with Crippen LogP contribution in [0.3, 0.4) is 0 Å². The summed E-state index contributed by atoms with van der Waals surface area (Å²) in [5.74, 6) is -1.46. The number of esters is 3. The van der Waals surface area contributed by atoms with Gasteiger partial charge in [-0.3, -0.25) is 0 Å².